The van der Waals surface area contributed by atoms with Crippen LogP contribution >= 0.6 is 22.7 Å². The van der Waals surface area contributed by atoms with Gasteiger partial charge in [0.1, 0.15) is 0 Å². The van der Waals surface area contributed by atoms with Crippen molar-refractivity contribution in [2.45, 2.75) is 25.7 Å². The highest BCUT2D eigenvalue weighted by Crippen LogP contribution is 2.32. The van der Waals surface area contributed by atoms with Gasteiger partial charge < -0.3 is 10.2 Å². The van der Waals surface area contributed by atoms with Gasteiger partial charge in [-0.25, -0.2) is 4.98 Å². The van der Waals surface area contributed by atoms with Gasteiger partial charge in [-0.1, -0.05) is 17.4 Å². The van der Waals surface area contributed by atoms with E-state index in [-0.39, 0.29) is 5.91 Å². The molecule has 1 N–H and O–H groups in total. The molecular formula is C18H19N3OS2. The zero-order valence-corrected chi connectivity index (χ0v) is 15.0. The summed E-state index contributed by atoms with van der Waals surface area (Å²) < 4.78 is 1.13. The molecule has 124 valence electrons. The third kappa shape index (κ3) is 3.44. The van der Waals surface area contributed by atoms with Crippen molar-refractivity contribution >= 4 is 49.6 Å². The Hall–Kier alpha value is -1.92. The summed E-state index contributed by atoms with van der Waals surface area (Å²) in [5, 5.41) is 6.15. The summed E-state index contributed by atoms with van der Waals surface area (Å²) in [4.78, 5) is 20.4. The standard InChI is InChI=1S/C18H19N3OS2/c22-17(8-6-14-4-3-11-23-14)19-13-5-7-15-16(12-13)24-18(20-15)21-9-1-2-10-21/h3-5,7,11-12H,1-2,6,8-10H2,(H,19,22). The number of hydrogen-bond donors (Lipinski definition) is 1. The van der Waals surface area contributed by atoms with Crippen LogP contribution in [0.1, 0.15) is 24.1 Å². The number of amides is 1. The van der Waals surface area contributed by atoms with Crippen LogP contribution in [0.4, 0.5) is 10.8 Å². The third-order valence-electron chi connectivity index (χ3n) is 4.22. The minimum Gasteiger partial charge on any atom is -0.348 e. The molecule has 1 aliphatic heterocycles. The summed E-state index contributed by atoms with van der Waals surface area (Å²) >= 11 is 3.41. The van der Waals surface area contributed by atoms with Crippen molar-refractivity contribution in [2.24, 2.45) is 0 Å². The highest BCUT2D eigenvalue weighted by molar-refractivity contribution is 7.22. The maximum absolute atomic E-state index is 12.1. The third-order valence-corrected chi connectivity index (χ3v) is 6.23. The van der Waals surface area contributed by atoms with Crippen LogP contribution in [0.25, 0.3) is 10.2 Å². The maximum atomic E-state index is 12.1. The van der Waals surface area contributed by atoms with Crippen molar-refractivity contribution in [3.63, 3.8) is 0 Å². The molecule has 3 heterocycles. The Balaban J connectivity index is 1.43. The monoisotopic (exact) mass is 357 g/mol. The van der Waals surface area contributed by atoms with Crippen LogP contribution in [-0.2, 0) is 11.2 Å². The summed E-state index contributed by atoms with van der Waals surface area (Å²) in [5.41, 5.74) is 1.87. The molecule has 0 radical (unpaired) electrons. The number of thiophene rings is 1. The highest BCUT2D eigenvalue weighted by atomic mass is 32.1. The van der Waals surface area contributed by atoms with E-state index >= 15 is 0 Å². The topological polar surface area (TPSA) is 45.2 Å². The van der Waals surface area contributed by atoms with Gasteiger partial charge in [0.2, 0.25) is 5.91 Å². The molecule has 0 bridgehead atoms. The lowest BCUT2D eigenvalue weighted by Gasteiger charge is -2.11. The number of hydrogen-bond acceptors (Lipinski definition) is 5. The van der Waals surface area contributed by atoms with E-state index in [1.165, 1.54) is 17.7 Å². The van der Waals surface area contributed by atoms with E-state index in [0.717, 1.165) is 40.5 Å². The number of fused-ring (bicyclic) bond motifs is 1. The number of nitrogens with zero attached hydrogens (tertiary/aromatic N) is 2. The van der Waals surface area contributed by atoms with Gasteiger partial charge in [0.15, 0.2) is 5.13 Å². The van der Waals surface area contributed by atoms with E-state index in [2.05, 4.69) is 16.3 Å². The minimum atomic E-state index is 0.0621. The number of aryl methyl sites for hydroxylation is 1. The van der Waals surface area contributed by atoms with E-state index in [0.29, 0.717) is 6.42 Å². The largest absolute Gasteiger partial charge is 0.348 e. The van der Waals surface area contributed by atoms with Gasteiger partial charge in [0, 0.05) is 30.1 Å². The lowest BCUT2D eigenvalue weighted by Crippen LogP contribution is -2.16. The van der Waals surface area contributed by atoms with Crippen LogP contribution in [0.15, 0.2) is 35.7 Å². The maximum Gasteiger partial charge on any atom is 0.224 e. The molecule has 4 rings (SSSR count). The smallest absolute Gasteiger partial charge is 0.224 e. The Morgan fingerprint density at radius 3 is 2.92 bits per heavy atom. The van der Waals surface area contributed by atoms with Gasteiger partial charge in [-0.05, 0) is 48.9 Å². The number of anilines is 2. The molecule has 6 heteroatoms. The van der Waals surface area contributed by atoms with E-state index in [4.69, 9.17) is 4.98 Å². The van der Waals surface area contributed by atoms with Gasteiger partial charge in [-0.3, -0.25) is 4.79 Å². The Labute approximate surface area is 149 Å². The molecule has 1 aliphatic rings. The number of nitrogens with one attached hydrogen (secondary N) is 1. The first-order valence-electron chi connectivity index (χ1n) is 8.26. The van der Waals surface area contributed by atoms with Crippen molar-refractivity contribution in [2.75, 3.05) is 23.3 Å². The summed E-state index contributed by atoms with van der Waals surface area (Å²) in [6.07, 6.45) is 3.81. The van der Waals surface area contributed by atoms with Crippen LogP contribution in [0, 0.1) is 0 Å². The van der Waals surface area contributed by atoms with Crippen molar-refractivity contribution in [3.8, 4) is 0 Å². The molecule has 0 atom stereocenters. The van der Waals surface area contributed by atoms with E-state index in [1.807, 2.05) is 29.6 Å². The normalized spacial score (nSPS) is 14.4. The van der Waals surface area contributed by atoms with Crippen molar-refractivity contribution in [1.29, 1.82) is 0 Å². The predicted molar refractivity (Wildman–Crippen MR) is 102 cm³/mol. The molecule has 1 fully saturated rings. The van der Waals surface area contributed by atoms with Gasteiger partial charge in [0.05, 0.1) is 10.2 Å². The molecule has 0 aliphatic carbocycles. The molecule has 0 spiro atoms. The number of rotatable bonds is 5. The zero-order valence-electron chi connectivity index (χ0n) is 13.3. The first-order valence-corrected chi connectivity index (χ1v) is 9.95. The number of thiazole rings is 1. The molecule has 2 aromatic heterocycles. The molecule has 24 heavy (non-hydrogen) atoms. The molecule has 1 aromatic carbocycles. The molecule has 3 aromatic rings. The van der Waals surface area contributed by atoms with E-state index in [9.17, 15) is 4.79 Å². The van der Waals surface area contributed by atoms with E-state index in [1.54, 1.807) is 22.7 Å². The van der Waals surface area contributed by atoms with Crippen molar-refractivity contribution in [1.82, 2.24) is 4.98 Å². The Morgan fingerprint density at radius 2 is 2.12 bits per heavy atom. The van der Waals surface area contributed by atoms with E-state index < -0.39 is 0 Å². The Bertz CT molecular complexity index is 835. The summed E-state index contributed by atoms with van der Waals surface area (Å²) in [6, 6.07) is 10.1. The molecule has 1 amide bonds. The Morgan fingerprint density at radius 1 is 1.25 bits per heavy atom. The fraction of sp³-hybridized carbons (Fsp3) is 0.333. The fourth-order valence-corrected chi connectivity index (χ4v) is 4.71. The van der Waals surface area contributed by atoms with Gasteiger partial charge >= 0.3 is 0 Å². The number of carbonyl (C=O) groups is 1. The highest BCUT2D eigenvalue weighted by Gasteiger charge is 2.16. The fourth-order valence-electron chi connectivity index (χ4n) is 2.95. The SMILES string of the molecule is O=C(CCc1cccs1)Nc1ccc2nc(N3CCCC3)sc2c1. The second-order valence-corrected chi connectivity index (χ2v) is 8.04. The molecule has 0 unspecified atom stereocenters. The molecule has 0 saturated carbocycles. The minimum absolute atomic E-state index is 0.0621. The molecule has 4 nitrogen and oxygen atoms in total. The lowest BCUT2D eigenvalue weighted by molar-refractivity contribution is -0.116. The van der Waals surface area contributed by atoms with Crippen LogP contribution < -0.4 is 10.2 Å². The number of aromatic nitrogens is 1. The van der Waals surface area contributed by atoms with Crippen LogP contribution in [0.5, 0.6) is 0 Å². The average molecular weight is 358 g/mol. The van der Waals surface area contributed by atoms with Crippen molar-refractivity contribution < 1.29 is 4.79 Å². The second-order valence-electron chi connectivity index (χ2n) is 6.00. The average Bonchev–Trinajstić information content (AvgIpc) is 3.32. The molecule has 1 saturated heterocycles. The first-order chi connectivity index (χ1) is 11.8. The molecular weight excluding hydrogens is 338 g/mol. The predicted octanol–water partition coefficient (Wildman–Crippen LogP) is 4.53. The van der Waals surface area contributed by atoms with Gasteiger partial charge in [0.25, 0.3) is 0 Å². The van der Waals surface area contributed by atoms with Crippen LogP contribution in [-0.4, -0.2) is 24.0 Å². The first kappa shape index (κ1) is 15.6. The van der Waals surface area contributed by atoms with Gasteiger partial charge in [-0.15, -0.1) is 11.3 Å². The number of benzene rings is 1. The van der Waals surface area contributed by atoms with Gasteiger partial charge in [-0.2, -0.15) is 0 Å². The quantitative estimate of drug-likeness (QED) is 0.730. The van der Waals surface area contributed by atoms with Crippen molar-refractivity contribution in [3.05, 3.63) is 40.6 Å². The Kier molecular flexibility index (Phi) is 4.49. The zero-order chi connectivity index (χ0) is 16.4. The summed E-state index contributed by atoms with van der Waals surface area (Å²) in [6.45, 7) is 2.21. The van der Waals surface area contributed by atoms with Crippen LogP contribution in [0.2, 0.25) is 0 Å². The lowest BCUT2D eigenvalue weighted by atomic mass is 10.2. The number of carbonyl (C=O) groups excluding carboxylic acids is 1. The second kappa shape index (κ2) is 6.91. The summed E-state index contributed by atoms with van der Waals surface area (Å²) in [7, 11) is 0. The van der Waals surface area contributed by atoms with Crippen LogP contribution in [0.3, 0.4) is 0 Å². The summed E-state index contributed by atoms with van der Waals surface area (Å²) in [5.74, 6) is 0.0621.